The fourth-order valence-corrected chi connectivity index (χ4v) is 7.07. The highest BCUT2D eigenvalue weighted by molar-refractivity contribution is 7.91. The Kier molecular flexibility index (Phi) is 7.27. The molecule has 5 aromatic rings. The van der Waals surface area contributed by atoms with Gasteiger partial charge in [-0.05, 0) is 46.8 Å². The van der Waals surface area contributed by atoms with Crippen molar-refractivity contribution in [1.29, 1.82) is 0 Å². The molecule has 1 saturated heterocycles. The minimum Gasteiger partial charge on any atom is -0.418 e. The predicted octanol–water partition coefficient (Wildman–Crippen LogP) is 6.80. The van der Waals surface area contributed by atoms with Gasteiger partial charge in [-0.1, -0.05) is 78.3 Å². The van der Waals surface area contributed by atoms with Crippen molar-refractivity contribution in [1.82, 2.24) is 9.88 Å². The molecule has 1 aliphatic heterocycles. The van der Waals surface area contributed by atoms with E-state index in [0.29, 0.717) is 24.0 Å². The van der Waals surface area contributed by atoms with Crippen molar-refractivity contribution >= 4 is 38.7 Å². The first kappa shape index (κ1) is 25.8. The van der Waals surface area contributed by atoms with Crippen LogP contribution in [0.5, 0.6) is 0 Å². The summed E-state index contributed by atoms with van der Waals surface area (Å²) in [6, 6.07) is 31.0. The van der Waals surface area contributed by atoms with Crippen LogP contribution in [-0.2, 0) is 9.84 Å². The third kappa shape index (κ3) is 5.25. The third-order valence-electron chi connectivity index (χ3n) is 6.89. The molecule has 0 amide bonds. The van der Waals surface area contributed by atoms with Gasteiger partial charge in [0.1, 0.15) is 0 Å². The highest BCUT2D eigenvalue weighted by atomic mass is 35.5. The number of benzene rings is 3. The molecule has 9 heteroatoms. The molecule has 2 aromatic heterocycles. The summed E-state index contributed by atoms with van der Waals surface area (Å²) in [6.07, 6.45) is 0. The number of hydrogen-bond acceptors (Lipinski definition) is 7. The molecular weight excluding hydrogens is 550 g/mol. The zero-order valence-electron chi connectivity index (χ0n) is 21.0. The number of rotatable bonds is 7. The molecule has 0 bridgehead atoms. The summed E-state index contributed by atoms with van der Waals surface area (Å²) < 4.78 is 33.7. The van der Waals surface area contributed by atoms with Gasteiger partial charge < -0.3 is 9.32 Å². The summed E-state index contributed by atoms with van der Waals surface area (Å²) in [5.41, 5.74) is 2.45. The highest BCUT2D eigenvalue weighted by Gasteiger charge is 2.34. The molecule has 6 rings (SSSR count). The molecule has 0 radical (unpaired) electrons. The van der Waals surface area contributed by atoms with Crippen molar-refractivity contribution in [2.75, 3.05) is 31.1 Å². The van der Waals surface area contributed by atoms with Gasteiger partial charge in [0.05, 0.1) is 15.8 Å². The van der Waals surface area contributed by atoms with E-state index in [1.165, 1.54) is 34.6 Å². The topological polar surface area (TPSA) is 66.7 Å². The Morgan fingerprint density at radius 1 is 0.795 bits per heavy atom. The summed E-state index contributed by atoms with van der Waals surface area (Å²) in [5, 5.41) is 2.32. The first-order valence-electron chi connectivity index (χ1n) is 12.6. The number of sulfone groups is 1. The zero-order chi connectivity index (χ0) is 26.8. The van der Waals surface area contributed by atoms with E-state index in [2.05, 4.69) is 58.4 Å². The van der Waals surface area contributed by atoms with Crippen LogP contribution in [0.3, 0.4) is 0 Å². The zero-order valence-corrected chi connectivity index (χ0v) is 23.4. The van der Waals surface area contributed by atoms with E-state index in [9.17, 15) is 8.42 Å². The number of hydrogen-bond donors (Lipinski definition) is 0. The van der Waals surface area contributed by atoms with Crippen LogP contribution < -0.4 is 4.90 Å². The fourth-order valence-electron chi connectivity index (χ4n) is 4.97. The Morgan fingerprint density at radius 3 is 1.97 bits per heavy atom. The summed E-state index contributed by atoms with van der Waals surface area (Å²) in [5.74, 6) is 0.588. The summed E-state index contributed by atoms with van der Waals surface area (Å²) in [7, 11) is -3.94. The van der Waals surface area contributed by atoms with Gasteiger partial charge in [-0.3, -0.25) is 4.90 Å². The number of thiophene rings is 1. The van der Waals surface area contributed by atoms with Crippen LogP contribution >= 0.6 is 22.9 Å². The molecule has 3 aromatic carbocycles. The van der Waals surface area contributed by atoms with Gasteiger partial charge in [-0.25, -0.2) is 8.42 Å². The molecular formula is C30H26ClN3O3S2. The van der Waals surface area contributed by atoms with E-state index >= 15 is 0 Å². The quantitative estimate of drug-likeness (QED) is 0.213. The maximum atomic E-state index is 13.7. The molecule has 1 aliphatic rings. The van der Waals surface area contributed by atoms with Crippen molar-refractivity contribution in [2.24, 2.45) is 0 Å². The van der Waals surface area contributed by atoms with E-state index in [1.54, 1.807) is 12.1 Å². The van der Waals surface area contributed by atoms with Crippen molar-refractivity contribution in [3.63, 3.8) is 0 Å². The minimum absolute atomic E-state index is 0.0654. The standard InChI is InChI=1S/C30H26ClN3O3S2/c31-24-13-15-25(16-14-24)39(35,36)29-30(37-28(32-29)26-12-7-21-38-26)34-19-17-33(18-20-34)27(22-8-3-1-4-9-22)23-10-5-2-6-11-23/h1-16,21,27H,17-20H2. The SMILES string of the molecule is O=S(=O)(c1ccc(Cl)cc1)c1nc(-c2cccs2)oc1N1CCN(C(c2ccccc2)c2ccccc2)CC1. The number of oxazole rings is 1. The van der Waals surface area contributed by atoms with Crippen molar-refractivity contribution < 1.29 is 12.8 Å². The number of aromatic nitrogens is 1. The van der Waals surface area contributed by atoms with E-state index in [4.69, 9.17) is 16.0 Å². The van der Waals surface area contributed by atoms with Gasteiger partial charge in [-0.15, -0.1) is 11.3 Å². The first-order chi connectivity index (χ1) is 19.0. The lowest BCUT2D eigenvalue weighted by atomic mass is 9.96. The van der Waals surface area contributed by atoms with E-state index in [1.807, 2.05) is 34.5 Å². The molecule has 0 unspecified atom stereocenters. The molecule has 1 fully saturated rings. The Bertz CT molecular complexity index is 1590. The van der Waals surface area contributed by atoms with E-state index in [-0.39, 0.29) is 21.8 Å². The second kappa shape index (κ2) is 11.0. The minimum atomic E-state index is -3.94. The van der Waals surface area contributed by atoms with Gasteiger partial charge in [0, 0.05) is 31.2 Å². The van der Waals surface area contributed by atoms with E-state index < -0.39 is 9.84 Å². The molecule has 0 N–H and O–H groups in total. The second-order valence-electron chi connectivity index (χ2n) is 9.31. The monoisotopic (exact) mass is 575 g/mol. The summed E-state index contributed by atoms with van der Waals surface area (Å²) in [4.78, 5) is 9.86. The maximum absolute atomic E-state index is 13.7. The molecule has 198 valence electrons. The Morgan fingerprint density at radius 2 is 1.41 bits per heavy atom. The normalized spacial score (nSPS) is 14.7. The van der Waals surface area contributed by atoms with Crippen LogP contribution in [0.15, 0.2) is 117 Å². The summed E-state index contributed by atoms with van der Waals surface area (Å²) >= 11 is 7.48. The van der Waals surface area contributed by atoms with Crippen molar-refractivity contribution in [3.05, 3.63) is 119 Å². The molecule has 0 spiro atoms. The van der Waals surface area contributed by atoms with Crippen molar-refractivity contribution in [3.8, 4) is 10.8 Å². The van der Waals surface area contributed by atoms with Gasteiger partial charge in [0.15, 0.2) is 0 Å². The fraction of sp³-hybridized carbons (Fsp3) is 0.167. The molecule has 0 aliphatic carbocycles. The van der Waals surface area contributed by atoms with Crippen LogP contribution in [0.1, 0.15) is 17.2 Å². The smallest absolute Gasteiger partial charge is 0.240 e. The molecule has 0 atom stereocenters. The molecule has 3 heterocycles. The lowest BCUT2D eigenvalue weighted by Gasteiger charge is -2.39. The molecule has 0 saturated carbocycles. The second-order valence-corrected chi connectivity index (χ2v) is 12.6. The van der Waals surface area contributed by atoms with Gasteiger partial charge in [0.2, 0.25) is 26.6 Å². The Labute approximate surface area is 237 Å². The van der Waals surface area contributed by atoms with Crippen LogP contribution in [0.4, 0.5) is 5.88 Å². The van der Waals surface area contributed by atoms with Crippen molar-refractivity contribution in [2.45, 2.75) is 16.0 Å². The Hall–Kier alpha value is -3.43. The first-order valence-corrected chi connectivity index (χ1v) is 15.4. The van der Waals surface area contributed by atoms with Crippen LogP contribution in [0, 0.1) is 0 Å². The average molecular weight is 576 g/mol. The van der Waals surface area contributed by atoms with Crippen LogP contribution in [0.25, 0.3) is 10.8 Å². The lowest BCUT2D eigenvalue weighted by molar-refractivity contribution is 0.209. The van der Waals surface area contributed by atoms with Gasteiger partial charge >= 0.3 is 0 Å². The van der Waals surface area contributed by atoms with Gasteiger partial charge in [0.25, 0.3) is 0 Å². The highest BCUT2D eigenvalue weighted by Crippen LogP contribution is 2.38. The Balaban J connectivity index is 1.32. The van der Waals surface area contributed by atoms with Crippen LogP contribution in [-0.4, -0.2) is 44.5 Å². The average Bonchev–Trinajstić information content (AvgIpc) is 3.66. The number of halogens is 1. The summed E-state index contributed by atoms with van der Waals surface area (Å²) in [6.45, 7) is 2.64. The molecule has 39 heavy (non-hydrogen) atoms. The van der Waals surface area contributed by atoms with Gasteiger partial charge in [-0.2, -0.15) is 4.98 Å². The predicted molar refractivity (Wildman–Crippen MR) is 155 cm³/mol. The largest absolute Gasteiger partial charge is 0.418 e. The molecule has 6 nitrogen and oxygen atoms in total. The lowest BCUT2D eigenvalue weighted by Crippen LogP contribution is -2.48. The van der Waals surface area contributed by atoms with Crippen LogP contribution in [0.2, 0.25) is 5.02 Å². The third-order valence-corrected chi connectivity index (χ3v) is 9.66. The number of piperazine rings is 1. The van der Waals surface area contributed by atoms with E-state index in [0.717, 1.165) is 18.0 Å². The number of anilines is 1. The maximum Gasteiger partial charge on any atom is 0.240 e. The number of nitrogens with zero attached hydrogens (tertiary/aromatic N) is 3.